The van der Waals surface area contributed by atoms with E-state index < -0.39 is 0 Å². The molecular weight excluding hydrogens is 339 g/mol. The van der Waals surface area contributed by atoms with E-state index in [2.05, 4.69) is 36.2 Å². The Bertz CT molecular complexity index is 835. The number of fused-ring (bicyclic) bond motifs is 1. The number of halogens is 2. The quantitative estimate of drug-likeness (QED) is 0.521. The standard InChI is InChI=1S/C20H22Cl2N2/c1-2-13-6-8-14(9-7-13)19-15(5-3-4-12-23)18-16(21)10-11-17(22)20(18)24-19/h6-11,24H,2-5,12,23H2,1H3. The first kappa shape index (κ1) is 17.3. The Kier molecular flexibility index (Phi) is 5.50. The molecule has 2 aromatic carbocycles. The Labute approximate surface area is 153 Å². The summed E-state index contributed by atoms with van der Waals surface area (Å²) < 4.78 is 0. The van der Waals surface area contributed by atoms with Gasteiger partial charge in [0.2, 0.25) is 0 Å². The lowest BCUT2D eigenvalue weighted by molar-refractivity contribution is 0.748. The summed E-state index contributed by atoms with van der Waals surface area (Å²) in [6.45, 7) is 2.87. The minimum atomic E-state index is 0.700. The van der Waals surface area contributed by atoms with Crippen molar-refractivity contribution >= 4 is 34.1 Å². The molecule has 0 amide bonds. The van der Waals surface area contributed by atoms with Gasteiger partial charge in [-0.05, 0) is 61.1 Å². The van der Waals surface area contributed by atoms with Crippen LogP contribution in [0.15, 0.2) is 36.4 Å². The molecule has 0 fully saturated rings. The summed E-state index contributed by atoms with van der Waals surface area (Å²) in [5.41, 5.74) is 11.4. The van der Waals surface area contributed by atoms with Crippen molar-refractivity contribution in [3.8, 4) is 11.3 Å². The van der Waals surface area contributed by atoms with Crippen LogP contribution in [0, 0.1) is 0 Å². The highest BCUT2D eigenvalue weighted by molar-refractivity contribution is 6.40. The van der Waals surface area contributed by atoms with Crippen LogP contribution in [-0.4, -0.2) is 11.5 Å². The zero-order chi connectivity index (χ0) is 17.1. The summed E-state index contributed by atoms with van der Waals surface area (Å²) in [7, 11) is 0. The van der Waals surface area contributed by atoms with Crippen molar-refractivity contribution in [1.29, 1.82) is 0 Å². The van der Waals surface area contributed by atoms with Crippen molar-refractivity contribution in [3.05, 3.63) is 57.6 Å². The summed E-state index contributed by atoms with van der Waals surface area (Å²) in [4.78, 5) is 3.51. The monoisotopic (exact) mass is 360 g/mol. The van der Waals surface area contributed by atoms with Crippen molar-refractivity contribution < 1.29 is 0 Å². The van der Waals surface area contributed by atoms with Gasteiger partial charge in [0.05, 0.1) is 15.6 Å². The Morgan fingerprint density at radius 3 is 2.33 bits per heavy atom. The summed E-state index contributed by atoms with van der Waals surface area (Å²) in [6.07, 6.45) is 4.00. The van der Waals surface area contributed by atoms with Gasteiger partial charge >= 0.3 is 0 Å². The number of rotatable bonds is 6. The molecule has 3 rings (SSSR count). The number of H-pyrrole nitrogens is 1. The van der Waals surface area contributed by atoms with Crippen LogP contribution in [0.1, 0.15) is 30.9 Å². The molecule has 0 bridgehead atoms. The summed E-state index contributed by atoms with van der Waals surface area (Å²) in [5.74, 6) is 0. The minimum Gasteiger partial charge on any atom is -0.353 e. The zero-order valence-corrected chi connectivity index (χ0v) is 15.3. The fourth-order valence-corrected chi connectivity index (χ4v) is 3.62. The smallest absolute Gasteiger partial charge is 0.0666 e. The largest absolute Gasteiger partial charge is 0.353 e. The van der Waals surface area contributed by atoms with Gasteiger partial charge in [0.1, 0.15) is 0 Å². The first-order valence-electron chi connectivity index (χ1n) is 8.43. The predicted octanol–water partition coefficient (Wildman–Crippen LogP) is 5.99. The van der Waals surface area contributed by atoms with Gasteiger partial charge in [-0.2, -0.15) is 0 Å². The molecule has 1 aromatic heterocycles. The van der Waals surface area contributed by atoms with Gasteiger partial charge in [0, 0.05) is 11.1 Å². The predicted molar refractivity (Wildman–Crippen MR) is 105 cm³/mol. The SMILES string of the molecule is CCc1ccc(-c2[nH]c3c(Cl)ccc(Cl)c3c2CCCCN)cc1. The molecule has 0 atom stereocenters. The molecule has 2 nitrogen and oxygen atoms in total. The molecule has 126 valence electrons. The van der Waals surface area contributed by atoms with Gasteiger partial charge in [0.15, 0.2) is 0 Å². The average Bonchev–Trinajstić information content (AvgIpc) is 2.99. The Morgan fingerprint density at radius 1 is 0.958 bits per heavy atom. The molecule has 3 N–H and O–H groups in total. The summed E-state index contributed by atoms with van der Waals surface area (Å²) in [5, 5.41) is 2.48. The molecule has 0 aliphatic carbocycles. The fraction of sp³-hybridized carbons (Fsp3) is 0.300. The minimum absolute atomic E-state index is 0.700. The molecule has 1 heterocycles. The maximum Gasteiger partial charge on any atom is 0.0666 e. The molecule has 0 aliphatic rings. The van der Waals surface area contributed by atoms with Gasteiger partial charge in [0.25, 0.3) is 0 Å². The van der Waals surface area contributed by atoms with Crippen molar-refractivity contribution in [3.63, 3.8) is 0 Å². The number of aromatic nitrogens is 1. The third-order valence-electron chi connectivity index (χ3n) is 4.49. The maximum absolute atomic E-state index is 6.49. The number of aromatic amines is 1. The topological polar surface area (TPSA) is 41.8 Å². The highest BCUT2D eigenvalue weighted by atomic mass is 35.5. The molecule has 24 heavy (non-hydrogen) atoms. The number of hydrogen-bond donors (Lipinski definition) is 2. The zero-order valence-electron chi connectivity index (χ0n) is 13.8. The second kappa shape index (κ2) is 7.60. The molecule has 0 unspecified atom stereocenters. The number of unbranched alkanes of at least 4 members (excludes halogenated alkanes) is 1. The normalized spacial score (nSPS) is 11.3. The molecule has 0 saturated heterocycles. The molecule has 0 radical (unpaired) electrons. The third kappa shape index (κ3) is 3.32. The van der Waals surface area contributed by atoms with Crippen molar-refractivity contribution in [2.75, 3.05) is 6.54 Å². The number of hydrogen-bond acceptors (Lipinski definition) is 1. The molecule has 3 aromatic rings. The first-order chi connectivity index (χ1) is 11.7. The van der Waals surface area contributed by atoms with Crippen LogP contribution in [-0.2, 0) is 12.8 Å². The second-order valence-electron chi connectivity index (χ2n) is 6.05. The highest BCUT2D eigenvalue weighted by Gasteiger charge is 2.17. The van der Waals surface area contributed by atoms with E-state index in [4.69, 9.17) is 28.9 Å². The van der Waals surface area contributed by atoms with Crippen LogP contribution in [0.25, 0.3) is 22.2 Å². The lowest BCUT2D eigenvalue weighted by atomic mass is 9.99. The van der Waals surface area contributed by atoms with Crippen LogP contribution in [0.5, 0.6) is 0 Å². The number of aryl methyl sites for hydroxylation is 2. The Hall–Kier alpha value is -1.48. The van der Waals surface area contributed by atoms with E-state index in [1.165, 1.54) is 16.7 Å². The number of nitrogens with two attached hydrogens (primary N) is 1. The highest BCUT2D eigenvalue weighted by Crippen LogP contribution is 2.38. The lowest BCUT2D eigenvalue weighted by Gasteiger charge is -2.07. The van der Waals surface area contributed by atoms with E-state index in [1.54, 1.807) is 0 Å². The van der Waals surface area contributed by atoms with Crippen LogP contribution < -0.4 is 5.73 Å². The molecule has 4 heteroatoms. The molecule has 0 aliphatic heterocycles. The summed E-state index contributed by atoms with van der Waals surface area (Å²) in [6, 6.07) is 12.4. The lowest BCUT2D eigenvalue weighted by Crippen LogP contribution is -1.99. The van der Waals surface area contributed by atoms with E-state index in [9.17, 15) is 0 Å². The van der Waals surface area contributed by atoms with Crippen LogP contribution >= 0.6 is 23.2 Å². The van der Waals surface area contributed by atoms with Crippen LogP contribution in [0.2, 0.25) is 10.0 Å². The van der Waals surface area contributed by atoms with Gasteiger partial charge in [-0.15, -0.1) is 0 Å². The van der Waals surface area contributed by atoms with Gasteiger partial charge in [-0.1, -0.05) is 54.4 Å². The van der Waals surface area contributed by atoms with E-state index in [-0.39, 0.29) is 0 Å². The first-order valence-corrected chi connectivity index (χ1v) is 9.19. The Balaban J connectivity index is 2.15. The van der Waals surface area contributed by atoms with Gasteiger partial charge in [-0.25, -0.2) is 0 Å². The van der Waals surface area contributed by atoms with Crippen molar-refractivity contribution in [2.45, 2.75) is 32.6 Å². The van der Waals surface area contributed by atoms with E-state index >= 15 is 0 Å². The van der Waals surface area contributed by atoms with Crippen molar-refractivity contribution in [1.82, 2.24) is 4.98 Å². The van der Waals surface area contributed by atoms with Crippen LogP contribution in [0.4, 0.5) is 0 Å². The van der Waals surface area contributed by atoms with E-state index in [1.807, 2.05) is 12.1 Å². The summed E-state index contributed by atoms with van der Waals surface area (Å²) >= 11 is 12.9. The average molecular weight is 361 g/mol. The molecular formula is C20H22Cl2N2. The van der Waals surface area contributed by atoms with Gasteiger partial charge in [-0.3, -0.25) is 0 Å². The Morgan fingerprint density at radius 2 is 1.67 bits per heavy atom. The second-order valence-corrected chi connectivity index (χ2v) is 6.87. The number of nitrogens with one attached hydrogen (secondary N) is 1. The molecule has 0 saturated carbocycles. The van der Waals surface area contributed by atoms with Crippen LogP contribution in [0.3, 0.4) is 0 Å². The van der Waals surface area contributed by atoms with E-state index in [0.29, 0.717) is 11.6 Å². The maximum atomic E-state index is 6.49. The van der Waals surface area contributed by atoms with E-state index in [0.717, 1.165) is 47.3 Å². The third-order valence-corrected chi connectivity index (χ3v) is 5.12. The van der Waals surface area contributed by atoms with Gasteiger partial charge < -0.3 is 10.7 Å². The molecule has 0 spiro atoms. The van der Waals surface area contributed by atoms with Crippen molar-refractivity contribution in [2.24, 2.45) is 5.73 Å². The fourth-order valence-electron chi connectivity index (χ4n) is 3.14. The number of benzene rings is 2.